The van der Waals surface area contributed by atoms with Crippen molar-refractivity contribution >= 4 is 50.7 Å². The van der Waals surface area contributed by atoms with Crippen molar-refractivity contribution in [2.24, 2.45) is 0 Å². The molecule has 10 heteroatoms. The minimum Gasteiger partial charge on any atom is -0.448 e. The molecule has 146 valence electrons. The Morgan fingerprint density at radius 3 is 2.75 bits per heavy atom. The summed E-state index contributed by atoms with van der Waals surface area (Å²) in [5.41, 5.74) is 0.292. The minimum atomic E-state index is -1.15. The first-order valence-electron chi connectivity index (χ1n) is 8.14. The number of hydrogen-bond acceptors (Lipinski definition) is 6. The van der Waals surface area contributed by atoms with Crippen LogP contribution in [0.15, 0.2) is 23.0 Å². The lowest BCUT2D eigenvalue weighted by molar-refractivity contribution is -0.123. The molecule has 0 bridgehead atoms. The molecular formula is C18H15ClFN3O4S. The molecule has 28 heavy (non-hydrogen) atoms. The van der Waals surface area contributed by atoms with Crippen molar-refractivity contribution in [2.75, 3.05) is 5.32 Å². The van der Waals surface area contributed by atoms with Crippen LogP contribution in [-0.4, -0.2) is 27.9 Å². The lowest BCUT2D eigenvalue weighted by atomic mass is 10.2. The van der Waals surface area contributed by atoms with Gasteiger partial charge in [0.2, 0.25) is 0 Å². The van der Waals surface area contributed by atoms with E-state index in [-0.39, 0.29) is 21.1 Å². The number of amides is 1. The van der Waals surface area contributed by atoms with Gasteiger partial charge in [-0.3, -0.25) is 9.59 Å². The summed E-state index contributed by atoms with van der Waals surface area (Å²) < 4.78 is 18.3. The predicted molar refractivity (Wildman–Crippen MR) is 105 cm³/mol. The van der Waals surface area contributed by atoms with Crippen LogP contribution in [0.3, 0.4) is 0 Å². The number of ether oxygens (including phenoxy) is 1. The van der Waals surface area contributed by atoms with Crippen LogP contribution in [0.25, 0.3) is 10.2 Å². The maximum absolute atomic E-state index is 13.1. The highest BCUT2D eigenvalue weighted by molar-refractivity contribution is 7.20. The summed E-state index contributed by atoms with van der Waals surface area (Å²) in [4.78, 5) is 44.3. The molecule has 0 aliphatic carbocycles. The summed E-state index contributed by atoms with van der Waals surface area (Å²) in [5, 5.41) is 2.81. The zero-order valence-corrected chi connectivity index (χ0v) is 16.6. The Kier molecular flexibility index (Phi) is 5.48. The summed E-state index contributed by atoms with van der Waals surface area (Å²) in [5.74, 6) is -1.48. The number of benzene rings is 1. The fraction of sp³-hybridized carbons (Fsp3) is 0.222. The van der Waals surface area contributed by atoms with E-state index >= 15 is 0 Å². The number of aromatic amines is 1. The van der Waals surface area contributed by atoms with Gasteiger partial charge in [0, 0.05) is 0 Å². The van der Waals surface area contributed by atoms with E-state index in [4.69, 9.17) is 16.3 Å². The number of carbonyl (C=O) groups excluding carboxylic acids is 2. The van der Waals surface area contributed by atoms with Crippen molar-refractivity contribution in [3.8, 4) is 0 Å². The van der Waals surface area contributed by atoms with Gasteiger partial charge in [-0.05, 0) is 44.5 Å². The fourth-order valence-electron chi connectivity index (χ4n) is 2.54. The van der Waals surface area contributed by atoms with Crippen LogP contribution in [0, 0.1) is 19.7 Å². The number of halogens is 2. The molecule has 0 aliphatic heterocycles. The molecule has 2 aromatic heterocycles. The summed E-state index contributed by atoms with van der Waals surface area (Å²) in [6, 6.07) is 3.51. The number of nitrogens with zero attached hydrogens (tertiary/aromatic N) is 1. The molecule has 3 rings (SSSR count). The number of thiophene rings is 1. The molecular weight excluding hydrogens is 409 g/mol. The number of aromatic nitrogens is 2. The Bertz CT molecular complexity index is 1160. The normalized spacial score (nSPS) is 12.0. The number of H-pyrrole nitrogens is 1. The third-order valence-electron chi connectivity index (χ3n) is 3.95. The van der Waals surface area contributed by atoms with E-state index in [9.17, 15) is 18.8 Å². The van der Waals surface area contributed by atoms with Gasteiger partial charge in [0.05, 0.1) is 16.1 Å². The lowest BCUT2D eigenvalue weighted by Crippen LogP contribution is -2.30. The van der Waals surface area contributed by atoms with Gasteiger partial charge < -0.3 is 15.0 Å². The van der Waals surface area contributed by atoms with Crippen molar-refractivity contribution in [2.45, 2.75) is 26.9 Å². The molecule has 0 spiro atoms. The molecule has 2 N–H and O–H groups in total. The van der Waals surface area contributed by atoms with Crippen molar-refractivity contribution < 1.29 is 18.7 Å². The maximum atomic E-state index is 13.1. The number of hydrogen-bond donors (Lipinski definition) is 2. The van der Waals surface area contributed by atoms with E-state index in [1.54, 1.807) is 13.8 Å². The number of esters is 1. The van der Waals surface area contributed by atoms with Crippen molar-refractivity contribution in [3.05, 3.63) is 55.7 Å². The van der Waals surface area contributed by atoms with Crippen molar-refractivity contribution in [1.29, 1.82) is 0 Å². The zero-order valence-electron chi connectivity index (χ0n) is 15.1. The van der Waals surface area contributed by atoms with Gasteiger partial charge in [-0.1, -0.05) is 11.6 Å². The standard InChI is InChI=1S/C18H15ClFN3O4S/c1-7-13-16(25)21-9(3)22-17(13)28-14(7)18(26)27-8(2)15(24)23-12-5-4-10(20)6-11(12)19/h4-6,8H,1-3H3,(H,23,24)(H,21,22,25). The highest BCUT2D eigenvalue weighted by atomic mass is 35.5. The molecule has 3 aromatic rings. The number of fused-ring (bicyclic) bond motifs is 1. The van der Waals surface area contributed by atoms with Gasteiger partial charge in [0.15, 0.2) is 6.10 Å². The SMILES string of the molecule is Cc1nc2sc(C(=O)OC(C)C(=O)Nc3ccc(F)cc3Cl)c(C)c2c(=O)[nH]1. The Morgan fingerprint density at radius 1 is 1.36 bits per heavy atom. The molecule has 1 aromatic carbocycles. The molecule has 0 aliphatic rings. The van der Waals surface area contributed by atoms with Crippen LogP contribution in [0.4, 0.5) is 10.1 Å². The van der Waals surface area contributed by atoms with E-state index in [2.05, 4.69) is 15.3 Å². The molecule has 1 amide bonds. The minimum absolute atomic E-state index is 0.0212. The maximum Gasteiger partial charge on any atom is 0.349 e. The molecule has 1 unspecified atom stereocenters. The van der Waals surface area contributed by atoms with Gasteiger partial charge in [-0.2, -0.15) is 0 Å². The lowest BCUT2D eigenvalue weighted by Gasteiger charge is -2.14. The van der Waals surface area contributed by atoms with Crippen LogP contribution in [-0.2, 0) is 9.53 Å². The Balaban J connectivity index is 1.78. The first kappa shape index (κ1) is 20.0. The molecule has 1 atom stereocenters. The highest BCUT2D eigenvalue weighted by Gasteiger charge is 2.24. The second kappa shape index (κ2) is 7.69. The molecule has 0 saturated carbocycles. The summed E-state index contributed by atoms with van der Waals surface area (Å²) in [7, 11) is 0. The number of rotatable bonds is 4. The summed E-state index contributed by atoms with van der Waals surface area (Å²) in [6.07, 6.45) is -1.15. The van der Waals surface area contributed by atoms with Gasteiger partial charge in [-0.25, -0.2) is 14.2 Å². The fourth-order valence-corrected chi connectivity index (χ4v) is 3.86. The predicted octanol–water partition coefficient (Wildman–Crippen LogP) is 3.58. The number of nitrogens with one attached hydrogen (secondary N) is 2. The van der Waals surface area contributed by atoms with Crippen LogP contribution in [0.5, 0.6) is 0 Å². The first-order chi connectivity index (χ1) is 13.2. The van der Waals surface area contributed by atoms with Gasteiger partial charge >= 0.3 is 5.97 Å². The second-order valence-corrected chi connectivity index (χ2v) is 7.45. The Labute approximate surface area is 167 Å². The monoisotopic (exact) mass is 423 g/mol. The smallest absolute Gasteiger partial charge is 0.349 e. The number of carbonyl (C=O) groups is 2. The molecule has 0 radical (unpaired) electrons. The third kappa shape index (κ3) is 3.90. The number of anilines is 1. The highest BCUT2D eigenvalue weighted by Crippen LogP contribution is 2.28. The van der Waals surface area contributed by atoms with E-state index < -0.39 is 23.8 Å². The first-order valence-corrected chi connectivity index (χ1v) is 9.33. The van der Waals surface area contributed by atoms with E-state index in [1.807, 2.05) is 0 Å². The molecule has 7 nitrogen and oxygen atoms in total. The van der Waals surface area contributed by atoms with E-state index in [0.717, 1.165) is 23.5 Å². The quantitative estimate of drug-likeness (QED) is 0.624. The molecule has 0 fully saturated rings. The summed E-state index contributed by atoms with van der Waals surface area (Å²) >= 11 is 6.90. The van der Waals surface area contributed by atoms with Gasteiger partial charge in [-0.15, -0.1) is 11.3 Å². The Hall–Kier alpha value is -2.78. The average molecular weight is 424 g/mol. The second-order valence-electron chi connectivity index (χ2n) is 6.05. The molecule has 0 saturated heterocycles. The Morgan fingerprint density at radius 2 is 2.07 bits per heavy atom. The van der Waals surface area contributed by atoms with Crippen LogP contribution in [0.2, 0.25) is 5.02 Å². The third-order valence-corrected chi connectivity index (χ3v) is 5.42. The van der Waals surface area contributed by atoms with Crippen molar-refractivity contribution in [3.63, 3.8) is 0 Å². The molecule has 2 heterocycles. The number of aryl methyl sites for hydroxylation is 2. The van der Waals surface area contributed by atoms with E-state index in [1.165, 1.54) is 13.0 Å². The van der Waals surface area contributed by atoms with Crippen molar-refractivity contribution in [1.82, 2.24) is 9.97 Å². The van der Waals surface area contributed by atoms with Gasteiger partial charge in [0.1, 0.15) is 21.3 Å². The van der Waals surface area contributed by atoms with E-state index in [0.29, 0.717) is 21.6 Å². The zero-order chi connectivity index (χ0) is 20.6. The van der Waals surface area contributed by atoms with Crippen LogP contribution >= 0.6 is 22.9 Å². The topological polar surface area (TPSA) is 101 Å². The van der Waals surface area contributed by atoms with Crippen LogP contribution < -0.4 is 10.9 Å². The van der Waals surface area contributed by atoms with Gasteiger partial charge in [0.25, 0.3) is 11.5 Å². The largest absolute Gasteiger partial charge is 0.448 e. The summed E-state index contributed by atoms with van der Waals surface area (Å²) in [6.45, 7) is 4.65. The average Bonchev–Trinajstić information content (AvgIpc) is 2.93. The van der Waals surface area contributed by atoms with Crippen LogP contribution in [0.1, 0.15) is 28.0 Å².